The molecular weight excluding hydrogens is 317 g/mol. The molecule has 2 rings (SSSR count). The smallest absolute Gasteiger partial charge is 0.413 e. The number of halogens is 1. The number of nitrogens with zero attached hydrogens (tertiary/aromatic N) is 1. The van der Waals surface area contributed by atoms with E-state index in [4.69, 9.17) is 9.47 Å². The van der Waals surface area contributed by atoms with Crippen molar-refractivity contribution in [2.24, 2.45) is 0 Å². The summed E-state index contributed by atoms with van der Waals surface area (Å²) in [4.78, 5) is 25.4. The van der Waals surface area contributed by atoms with Gasteiger partial charge in [-0.25, -0.2) is 14.0 Å². The van der Waals surface area contributed by atoms with Crippen LogP contribution in [0.15, 0.2) is 24.3 Å². The zero-order chi connectivity index (χ0) is 18.3. The van der Waals surface area contributed by atoms with Crippen molar-refractivity contribution in [3.8, 4) is 0 Å². The van der Waals surface area contributed by atoms with Crippen molar-refractivity contribution in [3.63, 3.8) is 0 Å². The minimum atomic E-state index is -1.40. The van der Waals surface area contributed by atoms with Crippen molar-refractivity contribution in [1.29, 1.82) is 0 Å². The van der Waals surface area contributed by atoms with Gasteiger partial charge in [-0.05, 0) is 40.7 Å². The number of hydrogen-bond donors (Lipinski definition) is 1. The molecule has 1 aromatic rings. The van der Waals surface area contributed by atoms with Gasteiger partial charge in [0.25, 0.3) is 0 Å². The molecule has 1 amide bonds. The van der Waals surface area contributed by atoms with Crippen LogP contribution in [-0.2, 0) is 14.3 Å². The van der Waals surface area contributed by atoms with Crippen molar-refractivity contribution in [2.75, 3.05) is 0 Å². The van der Waals surface area contributed by atoms with Gasteiger partial charge in [0, 0.05) is 5.56 Å². The average Bonchev–Trinajstić information content (AvgIpc) is 2.69. The molecule has 0 aromatic heterocycles. The Bertz CT molecular complexity index is 653. The number of aliphatic carboxylic acids is 1. The molecule has 1 saturated heterocycles. The summed E-state index contributed by atoms with van der Waals surface area (Å²) < 4.78 is 25.2. The van der Waals surface area contributed by atoms with Gasteiger partial charge in [0.2, 0.25) is 0 Å². The average molecular weight is 339 g/mol. The Morgan fingerprint density at radius 2 is 1.88 bits per heavy atom. The van der Waals surface area contributed by atoms with E-state index in [0.29, 0.717) is 0 Å². The summed E-state index contributed by atoms with van der Waals surface area (Å²) in [5.74, 6) is -1.88. The maximum Gasteiger partial charge on any atom is 0.413 e. The van der Waals surface area contributed by atoms with E-state index >= 15 is 0 Å². The fraction of sp³-hybridized carbons (Fsp3) is 0.529. The van der Waals surface area contributed by atoms with Crippen molar-refractivity contribution in [3.05, 3.63) is 35.6 Å². The maximum atomic E-state index is 14.3. The Balaban J connectivity index is 2.53. The van der Waals surface area contributed by atoms with Gasteiger partial charge in [-0.2, -0.15) is 0 Å². The van der Waals surface area contributed by atoms with E-state index in [1.54, 1.807) is 40.7 Å². The van der Waals surface area contributed by atoms with Crippen LogP contribution in [0.5, 0.6) is 0 Å². The SMILES string of the molecule is CC(C)(C)OC(=O)N1[C@@H](c2ccccc2F)[C@H](C(=O)O)OC1(C)C. The molecule has 132 valence electrons. The Morgan fingerprint density at radius 1 is 1.29 bits per heavy atom. The molecule has 0 aliphatic carbocycles. The van der Waals surface area contributed by atoms with Gasteiger partial charge in [0.15, 0.2) is 6.10 Å². The Labute approximate surface area is 140 Å². The van der Waals surface area contributed by atoms with E-state index in [0.717, 1.165) is 4.90 Å². The molecule has 0 unspecified atom stereocenters. The molecule has 0 spiro atoms. The summed E-state index contributed by atoms with van der Waals surface area (Å²) in [7, 11) is 0. The highest BCUT2D eigenvalue weighted by atomic mass is 19.1. The number of carbonyl (C=O) groups is 2. The molecule has 1 aliphatic rings. The third kappa shape index (κ3) is 3.51. The van der Waals surface area contributed by atoms with Gasteiger partial charge < -0.3 is 14.6 Å². The molecule has 1 heterocycles. The zero-order valence-electron chi connectivity index (χ0n) is 14.4. The summed E-state index contributed by atoms with van der Waals surface area (Å²) in [6.45, 7) is 8.19. The molecule has 7 heteroatoms. The third-order valence-corrected chi connectivity index (χ3v) is 3.62. The quantitative estimate of drug-likeness (QED) is 0.894. The largest absolute Gasteiger partial charge is 0.479 e. The zero-order valence-corrected chi connectivity index (χ0v) is 14.4. The highest BCUT2D eigenvalue weighted by Gasteiger charge is 2.55. The van der Waals surface area contributed by atoms with Gasteiger partial charge in [-0.3, -0.25) is 4.90 Å². The molecule has 24 heavy (non-hydrogen) atoms. The summed E-state index contributed by atoms with van der Waals surface area (Å²) in [5.41, 5.74) is -1.98. The standard InChI is InChI=1S/C17H22FNO5/c1-16(2,3)24-15(22)19-12(10-8-6-7-9-11(10)18)13(14(20)21)23-17(19,4)5/h6-9,12-13H,1-5H3,(H,20,21)/t12-,13+/m0/s1. The second-order valence-corrected chi connectivity index (χ2v) is 7.14. The predicted molar refractivity (Wildman–Crippen MR) is 83.8 cm³/mol. The summed E-state index contributed by atoms with van der Waals surface area (Å²) >= 11 is 0. The van der Waals surface area contributed by atoms with E-state index in [-0.39, 0.29) is 5.56 Å². The first-order chi connectivity index (χ1) is 10.9. The van der Waals surface area contributed by atoms with E-state index in [1.807, 2.05) is 0 Å². The van der Waals surface area contributed by atoms with Crippen molar-refractivity contribution in [1.82, 2.24) is 4.90 Å². The van der Waals surface area contributed by atoms with Crippen LogP contribution in [0.3, 0.4) is 0 Å². The summed E-state index contributed by atoms with van der Waals surface area (Å²) in [5, 5.41) is 9.47. The van der Waals surface area contributed by atoms with Gasteiger partial charge in [0.05, 0.1) is 0 Å². The second-order valence-electron chi connectivity index (χ2n) is 7.14. The monoisotopic (exact) mass is 339 g/mol. The molecule has 1 N–H and O–H groups in total. The molecule has 1 aliphatic heterocycles. The van der Waals surface area contributed by atoms with Gasteiger partial charge in [0.1, 0.15) is 23.2 Å². The molecule has 0 bridgehead atoms. The third-order valence-electron chi connectivity index (χ3n) is 3.62. The number of benzene rings is 1. The fourth-order valence-electron chi connectivity index (χ4n) is 2.75. The van der Waals surface area contributed by atoms with Crippen molar-refractivity contribution in [2.45, 2.75) is 58.1 Å². The number of carboxylic acid groups (broad SMARTS) is 1. The highest BCUT2D eigenvalue weighted by molar-refractivity contribution is 5.78. The molecule has 1 aromatic carbocycles. The van der Waals surface area contributed by atoms with Crippen LogP contribution in [0.1, 0.15) is 46.2 Å². The number of amides is 1. The second kappa shape index (κ2) is 6.05. The van der Waals surface area contributed by atoms with Crippen LogP contribution in [0.25, 0.3) is 0 Å². The molecule has 6 nitrogen and oxygen atoms in total. The Kier molecular flexibility index (Phi) is 4.59. The first-order valence-corrected chi connectivity index (χ1v) is 7.61. The Morgan fingerprint density at radius 3 is 2.38 bits per heavy atom. The maximum absolute atomic E-state index is 14.3. The lowest BCUT2D eigenvalue weighted by Crippen LogP contribution is -2.47. The minimum Gasteiger partial charge on any atom is -0.479 e. The fourth-order valence-corrected chi connectivity index (χ4v) is 2.75. The molecule has 1 fully saturated rings. The molecule has 2 atom stereocenters. The van der Waals surface area contributed by atoms with Crippen LogP contribution < -0.4 is 0 Å². The number of carbonyl (C=O) groups excluding carboxylic acids is 1. The first-order valence-electron chi connectivity index (χ1n) is 7.61. The van der Waals surface area contributed by atoms with Crippen LogP contribution in [0, 0.1) is 5.82 Å². The lowest BCUT2D eigenvalue weighted by molar-refractivity contribution is -0.155. The molecule has 0 saturated carbocycles. The molecular formula is C17H22FNO5. The van der Waals surface area contributed by atoms with E-state index < -0.39 is 41.4 Å². The van der Waals surface area contributed by atoms with Gasteiger partial charge in [-0.1, -0.05) is 18.2 Å². The summed E-state index contributed by atoms with van der Waals surface area (Å²) in [6.07, 6.45) is -2.16. The predicted octanol–water partition coefficient (Wildman–Crippen LogP) is 3.32. The topological polar surface area (TPSA) is 76.1 Å². The van der Waals surface area contributed by atoms with Crippen LogP contribution in [0.2, 0.25) is 0 Å². The van der Waals surface area contributed by atoms with E-state index in [1.165, 1.54) is 18.2 Å². The van der Waals surface area contributed by atoms with Crippen molar-refractivity contribution < 1.29 is 28.6 Å². The van der Waals surface area contributed by atoms with Gasteiger partial charge in [-0.15, -0.1) is 0 Å². The summed E-state index contributed by atoms with van der Waals surface area (Å²) in [6, 6.07) is 4.60. The van der Waals surface area contributed by atoms with E-state index in [2.05, 4.69) is 0 Å². The molecule has 0 radical (unpaired) electrons. The Hall–Kier alpha value is -2.15. The number of carboxylic acids is 1. The number of ether oxygens (including phenoxy) is 2. The van der Waals surface area contributed by atoms with Crippen LogP contribution in [-0.4, -0.2) is 39.5 Å². The normalized spacial score (nSPS) is 23.2. The van der Waals surface area contributed by atoms with Crippen molar-refractivity contribution >= 4 is 12.1 Å². The number of rotatable bonds is 2. The van der Waals surface area contributed by atoms with Crippen LogP contribution >= 0.6 is 0 Å². The highest BCUT2D eigenvalue weighted by Crippen LogP contribution is 2.43. The lowest BCUT2D eigenvalue weighted by Gasteiger charge is -2.35. The lowest BCUT2D eigenvalue weighted by atomic mass is 9.99. The number of hydrogen-bond acceptors (Lipinski definition) is 4. The first kappa shape index (κ1) is 18.2. The van der Waals surface area contributed by atoms with E-state index in [9.17, 15) is 19.1 Å². The van der Waals surface area contributed by atoms with Gasteiger partial charge >= 0.3 is 12.1 Å². The van der Waals surface area contributed by atoms with Crippen LogP contribution in [0.4, 0.5) is 9.18 Å². The minimum absolute atomic E-state index is 0.0707.